The van der Waals surface area contributed by atoms with Gasteiger partial charge in [0.1, 0.15) is 0 Å². The minimum absolute atomic E-state index is 0.136. The van der Waals surface area contributed by atoms with Crippen molar-refractivity contribution in [1.29, 1.82) is 0 Å². The normalized spacial score (nSPS) is 10.8. The van der Waals surface area contributed by atoms with Gasteiger partial charge in [-0.2, -0.15) is 0 Å². The number of carbonyl (C=O) groups excluding carboxylic acids is 1. The fourth-order valence-corrected chi connectivity index (χ4v) is 3.84. The first-order chi connectivity index (χ1) is 15.7. The third kappa shape index (κ3) is 6.03. The average molecular weight is 490 g/mol. The molecule has 8 heteroatoms. The number of nitrogens with zero attached hydrogens (tertiary/aromatic N) is 1. The second-order valence-corrected chi connectivity index (χ2v) is 8.60. The molecule has 0 heterocycles. The van der Waals surface area contributed by atoms with E-state index in [0.717, 1.165) is 5.56 Å². The highest BCUT2D eigenvalue weighted by Crippen LogP contribution is 2.31. The summed E-state index contributed by atoms with van der Waals surface area (Å²) in [5, 5.41) is 9.23. The van der Waals surface area contributed by atoms with Gasteiger partial charge in [-0.3, -0.25) is 4.79 Å². The monoisotopic (exact) mass is 489 g/mol. The van der Waals surface area contributed by atoms with Crippen molar-refractivity contribution >= 4 is 40.8 Å². The van der Waals surface area contributed by atoms with Gasteiger partial charge in [-0.05, 0) is 53.4 Å². The van der Waals surface area contributed by atoms with E-state index in [9.17, 15) is 14.0 Å². The Balaban J connectivity index is 1.89. The van der Waals surface area contributed by atoms with Crippen LogP contribution >= 0.6 is 23.2 Å². The first-order valence-electron chi connectivity index (χ1n) is 10.2. The van der Waals surface area contributed by atoms with Gasteiger partial charge in [0.05, 0.1) is 15.6 Å². The van der Waals surface area contributed by atoms with Crippen LogP contribution in [-0.2, 0) is 4.79 Å². The molecule has 33 heavy (non-hydrogen) atoms. The number of halogens is 3. The van der Waals surface area contributed by atoms with Crippen molar-refractivity contribution in [1.82, 2.24) is 0 Å². The molecule has 0 aliphatic carbocycles. The summed E-state index contributed by atoms with van der Waals surface area (Å²) in [6.07, 6.45) is 0. The maximum Gasteiger partial charge on any atom is 0.341 e. The number of anilines is 1. The van der Waals surface area contributed by atoms with E-state index in [4.69, 9.17) is 33.0 Å². The zero-order chi connectivity index (χ0) is 24.1. The van der Waals surface area contributed by atoms with Crippen LogP contribution in [-0.4, -0.2) is 30.1 Å². The smallest absolute Gasteiger partial charge is 0.341 e. The van der Waals surface area contributed by atoms with Crippen LogP contribution in [0, 0.1) is 11.7 Å². The molecular formula is C25H22Cl2FNO4. The first-order valence-corrected chi connectivity index (χ1v) is 10.9. The summed E-state index contributed by atoms with van der Waals surface area (Å²) in [6.45, 7) is 3.82. The van der Waals surface area contributed by atoms with E-state index < -0.39 is 18.4 Å². The Morgan fingerprint density at radius 1 is 1.00 bits per heavy atom. The minimum atomic E-state index is -1.19. The number of aliphatic carboxylic acids is 1. The molecule has 172 valence electrons. The summed E-state index contributed by atoms with van der Waals surface area (Å²) >= 11 is 12.5. The van der Waals surface area contributed by atoms with Crippen LogP contribution in [0.3, 0.4) is 0 Å². The van der Waals surface area contributed by atoms with E-state index in [2.05, 4.69) is 0 Å². The molecule has 0 aliphatic heterocycles. The minimum Gasteiger partial charge on any atom is -0.479 e. The van der Waals surface area contributed by atoms with E-state index in [1.165, 1.54) is 12.1 Å². The van der Waals surface area contributed by atoms with Crippen molar-refractivity contribution in [3.8, 4) is 16.9 Å². The summed E-state index contributed by atoms with van der Waals surface area (Å²) < 4.78 is 19.2. The van der Waals surface area contributed by atoms with Crippen molar-refractivity contribution in [3.63, 3.8) is 0 Å². The fraction of sp³-hybridized carbons (Fsp3) is 0.200. The van der Waals surface area contributed by atoms with Gasteiger partial charge in [-0.15, -0.1) is 0 Å². The molecule has 0 unspecified atom stereocenters. The Morgan fingerprint density at radius 3 is 2.15 bits per heavy atom. The maximum absolute atomic E-state index is 14.3. The Bertz CT molecular complexity index is 1150. The van der Waals surface area contributed by atoms with Crippen LogP contribution in [0.25, 0.3) is 11.1 Å². The molecule has 0 saturated carbocycles. The lowest BCUT2D eigenvalue weighted by atomic mass is 10.0. The van der Waals surface area contributed by atoms with Crippen molar-refractivity contribution in [2.24, 2.45) is 5.92 Å². The summed E-state index contributed by atoms with van der Waals surface area (Å²) in [7, 11) is 0. The average Bonchev–Trinajstić information content (AvgIpc) is 2.76. The number of carboxylic acid groups (broad SMARTS) is 1. The van der Waals surface area contributed by atoms with E-state index in [1.54, 1.807) is 53.4 Å². The molecular weight excluding hydrogens is 468 g/mol. The molecule has 5 nitrogen and oxygen atoms in total. The number of carboxylic acids is 1. The largest absolute Gasteiger partial charge is 0.479 e. The molecule has 1 amide bonds. The predicted molar refractivity (Wildman–Crippen MR) is 128 cm³/mol. The third-order valence-electron chi connectivity index (χ3n) is 4.76. The molecule has 0 spiro atoms. The van der Waals surface area contributed by atoms with E-state index in [1.807, 2.05) is 13.8 Å². The third-order valence-corrected chi connectivity index (χ3v) is 5.39. The molecule has 3 aromatic carbocycles. The summed E-state index contributed by atoms with van der Waals surface area (Å²) in [5.74, 6) is -2.11. The highest BCUT2D eigenvalue weighted by molar-refractivity contribution is 6.40. The first kappa shape index (κ1) is 24.6. The Kier molecular flexibility index (Phi) is 7.95. The zero-order valence-electron chi connectivity index (χ0n) is 18.0. The van der Waals surface area contributed by atoms with Crippen molar-refractivity contribution in [2.75, 3.05) is 18.1 Å². The molecule has 1 N–H and O–H groups in total. The van der Waals surface area contributed by atoms with Gasteiger partial charge in [0.2, 0.25) is 0 Å². The Morgan fingerprint density at radius 2 is 1.61 bits per heavy atom. The van der Waals surface area contributed by atoms with E-state index >= 15 is 0 Å². The number of hydrogen-bond acceptors (Lipinski definition) is 3. The molecule has 0 aromatic heterocycles. The van der Waals surface area contributed by atoms with Crippen LogP contribution in [0.5, 0.6) is 5.75 Å². The maximum atomic E-state index is 14.3. The Hall–Kier alpha value is -3.09. The van der Waals surface area contributed by atoms with E-state index in [-0.39, 0.29) is 33.2 Å². The number of rotatable bonds is 8. The zero-order valence-corrected chi connectivity index (χ0v) is 19.5. The Labute approximate surface area is 201 Å². The second kappa shape index (κ2) is 10.7. The number of amides is 1. The summed E-state index contributed by atoms with van der Waals surface area (Å²) in [4.78, 5) is 25.5. The van der Waals surface area contributed by atoms with Crippen LogP contribution < -0.4 is 9.64 Å². The van der Waals surface area contributed by atoms with Gasteiger partial charge >= 0.3 is 5.97 Å². The van der Waals surface area contributed by atoms with Crippen LogP contribution in [0.4, 0.5) is 10.1 Å². The lowest BCUT2D eigenvalue weighted by molar-refractivity contribution is -0.139. The lowest BCUT2D eigenvalue weighted by Crippen LogP contribution is -2.34. The van der Waals surface area contributed by atoms with Crippen LogP contribution in [0.15, 0.2) is 60.7 Å². The number of hydrogen-bond donors (Lipinski definition) is 1. The highest BCUT2D eigenvalue weighted by atomic mass is 35.5. The van der Waals surface area contributed by atoms with Crippen molar-refractivity contribution < 1.29 is 23.8 Å². The van der Waals surface area contributed by atoms with Gasteiger partial charge in [-0.25, -0.2) is 9.18 Å². The lowest BCUT2D eigenvalue weighted by Gasteiger charge is -2.26. The summed E-state index contributed by atoms with van der Waals surface area (Å²) in [6, 6.07) is 16.3. The number of benzene rings is 3. The molecule has 3 aromatic rings. The van der Waals surface area contributed by atoms with Crippen molar-refractivity contribution in [3.05, 3.63) is 82.1 Å². The van der Waals surface area contributed by atoms with Crippen LogP contribution in [0.1, 0.15) is 24.2 Å². The number of carbonyl (C=O) groups is 2. The topological polar surface area (TPSA) is 66.8 Å². The molecule has 0 aliphatic rings. The van der Waals surface area contributed by atoms with Gasteiger partial charge < -0.3 is 14.7 Å². The molecule has 0 radical (unpaired) electrons. The fourth-order valence-electron chi connectivity index (χ4n) is 3.28. The number of ether oxygens (including phenoxy) is 1. The predicted octanol–water partition coefficient (Wildman–Crippen LogP) is 6.57. The standard InChI is InChI=1S/C25H22Cl2FNO4/c1-15(2)13-29(25(32)24-19(26)4-3-5-20(24)27)18-9-6-16(7-10-18)17-8-11-22(21(28)12-17)33-14-23(30)31/h3-12,15H,13-14H2,1-2H3,(H,30,31). The molecule has 3 rings (SSSR count). The molecule has 0 atom stereocenters. The highest BCUT2D eigenvalue weighted by Gasteiger charge is 2.23. The quantitative estimate of drug-likeness (QED) is 0.388. The van der Waals surface area contributed by atoms with Gasteiger partial charge in [-0.1, -0.05) is 61.3 Å². The van der Waals surface area contributed by atoms with Gasteiger partial charge in [0.25, 0.3) is 5.91 Å². The second-order valence-electron chi connectivity index (χ2n) is 7.78. The van der Waals surface area contributed by atoms with Gasteiger partial charge in [0.15, 0.2) is 18.2 Å². The van der Waals surface area contributed by atoms with Crippen LogP contribution in [0.2, 0.25) is 10.0 Å². The van der Waals surface area contributed by atoms with Gasteiger partial charge in [0, 0.05) is 12.2 Å². The van der Waals surface area contributed by atoms with E-state index in [0.29, 0.717) is 17.8 Å². The van der Waals surface area contributed by atoms with Crippen molar-refractivity contribution in [2.45, 2.75) is 13.8 Å². The SMILES string of the molecule is CC(C)CN(C(=O)c1c(Cl)cccc1Cl)c1ccc(-c2ccc(OCC(=O)O)c(F)c2)cc1. The molecule has 0 saturated heterocycles. The molecule has 0 fully saturated rings. The summed E-state index contributed by atoms with van der Waals surface area (Å²) in [5.41, 5.74) is 2.19. The molecule has 0 bridgehead atoms.